The number of aliphatic hydroxyl groups is 1. The maximum atomic E-state index is 13.0. The van der Waals surface area contributed by atoms with E-state index in [1.54, 1.807) is 6.08 Å². The summed E-state index contributed by atoms with van der Waals surface area (Å²) >= 11 is 0. The second-order valence-electron chi connectivity index (χ2n) is 24.9. The molecule has 0 aromatic carbocycles. The summed E-state index contributed by atoms with van der Waals surface area (Å²) < 4.78 is 23.8. The van der Waals surface area contributed by atoms with Gasteiger partial charge < -0.3 is 19.8 Å². The number of carbonyl (C=O) groups excluding carboxylic acids is 1. The van der Waals surface area contributed by atoms with Crippen molar-refractivity contribution in [3.05, 3.63) is 36.5 Å². The molecule has 0 rings (SSSR count). The van der Waals surface area contributed by atoms with E-state index in [0.29, 0.717) is 17.4 Å². The number of carbonyl (C=O) groups is 1. The van der Waals surface area contributed by atoms with Crippen molar-refractivity contribution in [3.8, 4) is 0 Å². The van der Waals surface area contributed by atoms with Crippen molar-refractivity contribution in [3.63, 3.8) is 0 Å². The highest BCUT2D eigenvalue weighted by Gasteiger charge is 2.28. The Morgan fingerprint density at radius 1 is 0.423 bits per heavy atom. The van der Waals surface area contributed by atoms with E-state index >= 15 is 0 Å². The molecule has 0 aliphatic rings. The molecule has 0 radical (unpaired) electrons. The molecule has 0 saturated heterocycles. The highest BCUT2D eigenvalue weighted by Crippen LogP contribution is 2.43. The molecule has 0 aromatic rings. The SMILES string of the molecule is CCCCCCCCCC/C=C\CCCCCCCCCCCCCCCCCCCCCCCC(=O)NC(COP(=O)(O)OCC[N+](C)(C)C)C(O)/C=C/CC/C=C/CCCCCCCCCCCCCCCCCCC. The molecule has 0 spiro atoms. The summed E-state index contributed by atoms with van der Waals surface area (Å²) in [6.07, 6.45) is 80.1. The number of phosphoric ester groups is 1. The molecular formula is C69H136N2O6P+. The van der Waals surface area contributed by atoms with Gasteiger partial charge in [0.25, 0.3) is 0 Å². The van der Waals surface area contributed by atoms with Crippen LogP contribution in [0.4, 0.5) is 0 Å². The molecule has 0 fully saturated rings. The molecule has 3 unspecified atom stereocenters. The van der Waals surface area contributed by atoms with Crippen LogP contribution in [0.2, 0.25) is 0 Å². The summed E-state index contributed by atoms with van der Waals surface area (Å²) in [6.45, 7) is 4.85. The van der Waals surface area contributed by atoms with Gasteiger partial charge in [0.15, 0.2) is 0 Å². The Morgan fingerprint density at radius 3 is 1.03 bits per heavy atom. The van der Waals surface area contributed by atoms with E-state index in [9.17, 15) is 19.4 Å². The first-order valence-corrected chi connectivity index (χ1v) is 35.9. The summed E-state index contributed by atoms with van der Waals surface area (Å²) in [4.78, 5) is 23.4. The average molecular weight is 1120 g/mol. The lowest BCUT2D eigenvalue weighted by Crippen LogP contribution is -2.45. The third-order valence-electron chi connectivity index (χ3n) is 15.8. The van der Waals surface area contributed by atoms with E-state index in [2.05, 4.69) is 43.5 Å². The minimum Gasteiger partial charge on any atom is -0.387 e. The molecule has 462 valence electrons. The zero-order chi connectivity index (χ0) is 57.0. The van der Waals surface area contributed by atoms with Crippen molar-refractivity contribution >= 4 is 13.7 Å². The monoisotopic (exact) mass is 1120 g/mol. The van der Waals surface area contributed by atoms with Gasteiger partial charge in [0.05, 0.1) is 39.9 Å². The number of aliphatic hydroxyl groups excluding tert-OH is 1. The Hall–Kier alpha value is -1.28. The number of nitrogens with zero attached hydrogens (tertiary/aromatic N) is 1. The summed E-state index contributed by atoms with van der Waals surface area (Å²) in [6, 6.07) is -0.863. The predicted octanol–water partition coefficient (Wildman–Crippen LogP) is 21.7. The zero-order valence-electron chi connectivity index (χ0n) is 52.9. The van der Waals surface area contributed by atoms with Gasteiger partial charge in [-0.25, -0.2) is 4.57 Å². The summed E-state index contributed by atoms with van der Waals surface area (Å²) in [5.74, 6) is -0.180. The summed E-state index contributed by atoms with van der Waals surface area (Å²) in [7, 11) is 1.57. The molecule has 0 aliphatic carbocycles. The van der Waals surface area contributed by atoms with Crippen molar-refractivity contribution in [2.45, 2.75) is 360 Å². The highest BCUT2D eigenvalue weighted by molar-refractivity contribution is 7.47. The largest absolute Gasteiger partial charge is 0.472 e. The quantitative estimate of drug-likeness (QED) is 0.0243. The van der Waals surface area contributed by atoms with Crippen LogP contribution in [-0.4, -0.2) is 73.4 Å². The van der Waals surface area contributed by atoms with E-state index in [1.165, 1.54) is 289 Å². The van der Waals surface area contributed by atoms with Crippen LogP contribution >= 0.6 is 7.82 Å². The number of unbranched alkanes of at least 4 members (excludes halogenated alkanes) is 47. The molecule has 0 bridgehead atoms. The van der Waals surface area contributed by atoms with Crippen LogP contribution in [0.5, 0.6) is 0 Å². The minimum absolute atomic E-state index is 0.0581. The molecule has 1 amide bonds. The van der Waals surface area contributed by atoms with Crippen molar-refractivity contribution in [2.24, 2.45) is 0 Å². The average Bonchev–Trinajstić information content (AvgIpc) is 3.41. The summed E-state index contributed by atoms with van der Waals surface area (Å²) in [5.41, 5.74) is 0. The van der Waals surface area contributed by atoms with Crippen LogP contribution in [0.15, 0.2) is 36.5 Å². The molecule has 9 heteroatoms. The number of rotatable bonds is 64. The van der Waals surface area contributed by atoms with Gasteiger partial charge in [-0.15, -0.1) is 0 Å². The van der Waals surface area contributed by atoms with Gasteiger partial charge in [0.1, 0.15) is 13.2 Å². The fourth-order valence-corrected chi connectivity index (χ4v) is 11.2. The van der Waals surface area contributed by atoms with Crippen LogP contribution in [0.3, 0.4) is 0 Å². The van der Waals surface area contributed by atoms with Gasteiger partial charge in [-0.2, -0.15) is 0 Å². The number of quaternary nitrogens is 1. The molecule has 78 heavy (non-hydrogen) atoms. The number of likely N-dealkylation sites (N-methyl/N-ethyl adjacent to an activating group) is 1. The van der Waals surface area contributed by atoms with Crippen LogP contribution in [0, 0.1) is 0 Å². The number of allylic oxidation sites excluding steroid dienone is 5. The topological polar surface area (TPSA) is 105 Å². The number of phosphoric acid groups is 1. The lowest BCUT2D eigenvalue weighted by atomic mass is 10.0. The van der Waals surface area contributed by atoms with Gasteiger partial charge in [-0.05, 0) is 57.8 Å². The van der Waals surface area contributed by atoms with Crippen LogP contribution in [0.1, 0.15) is 348 Å². The van der Waals surface area contributed by atoms with Crippen LogP contribution in [-0.2, 0) is 18.4 Å². The van der Waals surface area contributed by atoms with Crippen molar-refractivity contribution in [1.29, 1.82) is 0 Å². The van der Waals surface area contributed by atoms with Crippen molar-refractivity contribution in [2.75, 3.05) is 40.9 Å². The van der Waals surface area contributed by atoms with E-state index in [-0.39, 0.29) is 19.1 Å². The van der Waals surface area contributed by atoms with Crippen LogP contribution < -0.4 is 5.32 Å². The first-order chi connectivity index (χ1) is 38.0. The normalized spacial score (nSPS) is 13.9. The van der Waals surface area contributed by atoms with Crippen molar-refractivity contribution < 1.29 is 32.9 Å². The molecule has 3 atom stereocenters. The Bertz CT molecular complexity index is 1360. The third-order valence-corrected chi connectivity index (χ3v) is 16.8. The maximum absolute atomic E-state index is 13.0. The number of nitrogens with one attached hydrogen (secondary N) is 1. The molecule has 0 saturated carbocycles. The Morgan fingerprint density at radius 2 is 0.705 bits per heavy atom. The number of hydrogen-bond donors (Lipinski definition) is 3. The molecule has 8 nitrogen and oxygen atoms in total. The van der Waals surface area contributed by atoms with E-state index < -0.39 is 20.0 Å². The van der Waals surface area contributed by atoms with Gasteiger partial charge in [-0.1, -0.05) is 320 Å². The first-order valence-electron chi connectivity index (χ1n) is 34.4. The van der Waals surface area contributed by atoms with E-state index in [4.69, 9.17) is 9.05 Å². The number of hydrogen-bond acceptors (Lipinski definition) is 5. The third kappa shape index (κ3) is 62.3. The molecule has 0 aromatic heterocycles. The van der Waals surface area contributed by atoms with Crippen LogP contribution in [0.25, 0.3) is 0 Å². The molecule has 0 aliphatic heterocycles. The van der Waals surface area contributed by atoms with Gasteiger partial charge in [0.2, 0.25) is 5.91 Å². The number of amides is 1. The predicted molar refractivity (Wildman–Crippen MR) is 341 cm³/mol. The van der Waals surface area contributed by atoms with Gasteiger partial charge >= 0.3 is 7.82 Å². The zero-order valence-corrected chi connectivity index (χ0v) is 53.8. The minimum atomic E-state index is -4.36. The second kappa shape index (κ2) is 60.3. The lowest BCUT2D eigenvalue weighted by molar-refractivity contribution is -0.870. The van der Waals surface area contributed by atoms with E-state index in [0.717, 1.165) is 38.5 Å². The summed E-state index contributed by atoms with van der Waals surface area (Å²) in [5, 5.41) is 14.0. The molecule has 0 heterocycles. The van der Waals surface area contributed by atoms with Crippen molar-refractivity contribution in [1.82, 2.24) is 5.32 Å². The molecule has 3 N–H and O–H groups in total. The Kier molecular flexibility index (Phi) is 59.3. The second-order valence-corrected chi connectivity index (χ2v) is 26.4. The smallest absolute Gasteiger partial charge is 0.387 e. The van der Waals surface area contributed by atoms with Gasteiger partial charge in [-0.3, -0.25) is 13.8 Å². The standard InChI is InChI=1S/C69H135N2O6P/c1-6-8-10-12-14-16-18-20-22-24-26-28-30-31-32-33-34-35-36-37-38-39-41-43-45-47-49-51-53-55-57-59-61-63-69(73)70-67(66-77-78(74,75)76-65-64-71(3,4)5)68(72)62-60-58-56-54-52-50-48-46-44-42-40-29-27-25-23-21-19-17-15-13-11-9-7-2/h24,26,52,54,60,62,67-68,72H,6-23,25,27-51,53,55-59,61,63-66H2,1-5H3,(H-,70,73,74,75)/p+1/b26-24-,54-52+,62-60+. The fourth-order valence-electron chi connectivity index (χ4n) is 10.5. The molecular weight excluding hydrogens is 984 g/mol. The van der Waals surface area contributed by atoms with Gasteiger partial charge in [0, 0.05) is 6.42 Å². The van der Waals surface area contributed by atoms with E-state index in [1.807, 2.05) is 27.2 Å². The first kappa shape index (κ1) is 76.7. The Labute approximate surface area is 487 Å². The lowest BCUT2D eigenvalue weighted by Gasteiger charge is -2.25. The highest BCUT2D eigenvalue weighted by atomic mass is 31.2. The Balaban J connectivity index is 4.05. The fraction of sp³-hybridized carbons (Fsp3) is 0.899. The maximum Gasteiger partial charge on any atom is 0.472 e.